The maximum absolute atomic E-state index is 11.7. The molecule has 1 aromatic carbocycles. The van der Waals surface area contributed by atoms with Gasteiger partial charge in [-0.3, -0.25) is 4.79 Å². The first-order chi connectivity index (χ1) is 9.51. The number of halogens is 1. The van der Waals surface area contributed by atoms with Crippen LogP contribution in [0, 0.1) is 6.92 Å². The number of carbonyl (C=O) groups excluding carboxylic acids is 1. The summed E-state index contributed by atoms with van der Waals surface area (Å²) in [5, 5.41) is 6.07. The van der Waals surface area contributed by atoms with Gasteiger partial charge in [0.1, 0.15) is 0 Å². The molecule has 1 atom stereocenters. The van der Waals surface area contributed by atoms with Crippen molar-refractivity contribution in [1.29, 1.82) is 0 Å². The van der Waals surface area contributed by atoms with Gasteiger partial charge in [0.25, 0.3) is 5.91 Å². The molecule has 0 spiro atoms. The van der Waals surface area contributed by atoms with Crippen LogP contribution in [0.4, 0.5) is 5.69 Å². The Hall–Kier alpha value is -1.52. The fourth-order valence-corrected chi connectivity index (χ4v) is 2.99. The predicted molar refractivity (Wildman–Crippen MR) is 85.9 cm³/mol. The molecule has 0 radical (unpaired) electrons. The predicted octanol–water partition coefficient (Wildman–Crippen LogP) is 4.24. The minimum absolute atomic E-state index is 0.0835. The Labute approximate surface area is 128 Å². The molecule has 0 bridgehead atoms. The van der Waals surface area contributed by atoms with Gasteiger partial charge >= 0.3 is 0 Å². The quantitative estimate of drug-likeness (QED) is 0.887. The first-order valence-corrected chi connectivity index (χ1v) is 7.55. The summed E-state index contributed by atoms with van der Waals surface area (Å²) in [5.74, 6) is -0.0835. The second-order valence-corrected chi connectivity index (χ2v) is 6.36. The van der Waals surface area contributed by atoms with Gasteiger partial charge in [-0.25, -0.2) is 0 Å². The first-order valence-electron chi connectivity index (χ1n) is 6.35. The van der Waals surface area contributed by atoms with E-state index in [4.69, 9.17) is 11.6 Å². The standard InChI is InChI=1S/C15H17ClN2OS/c1-9-4-5-11(15(19)17-3)8-12(9)18-10(2)13-6-7-14(16)20-13/h4-8,10,18H,1-3H3,(H,17,19). The lowest BCUT2D eigenvalue weighted by Gasteiger charge is -2.16. The molecular formula is C15H17ClN2OS. The summed E-state index contributed by atoms with van der Waals surface area (Å²) >= 11 is 7.52. The van der Waals surface area contributed by atoms with Gasteiger partial charge in [-0.1, -0.05) is 17.7 Å². The van der Waals surface area contributed by atoms with Gasteiger partial charge in [0.2, 0.25) is 0 Å². The van der Waals surface area contributed by atoms with Gasteiger partial charge in [0.05, 0.1) is 10.4 Å². The molecule has 2 aromatic rings. The van der Waals surface area contributed by atoms with Crippen molar-refractivity contribution in [1.82, 2.24) is 5.32 Å². The highest BCUT2D eigenvalue weighted by Crippen LogP contribution is 2.30. The van der Waals surface area contributed by atoms with Crippen LogP contribution in [0.2, 0.25) is 4.34 Å². The first kappa shape index (κ1) is 14.9. The number of rotatable bonds is 4. The SMILES string of the molecule is CNC(=O)c1ccc(C)c(NC(C)c2ccc(Cl)s2)c1. The van der Waals surface area contributed by atoms with Crippen molar-refractivity contribution < 1.29 is 4.79 Å². The summed E-state index contributed by atoms with van der Waals surface area (Å²) in [7, 11) is 1.63. The molecule has 0 saturated heterocycles. The fraction of sp³-hybridized carbons (Fsp3) is 0.267. The summed E-state index contributed by atoms with van der Waals surface area (Å²) in [4.78, 5) is 12.8. The third-order valence-electron chi connectivity index (χ3n) is 3.12. The van der Waals surface area contributed by atoms with Crippen LogP contribution >= 0.6 is 22.9 Å². The maximum Gasteiger partial charge on any atom is 0.251 e. The largest absolute Gasteiger partial charge is 0.377 e. The molecule has 106 valence electrons. The molecule has 1 heterocycles. The summed E-state index contributed by atoms with van der Waals surface area (Å²) in [6, 6.07) is 9.70. The van der Waals surface area contributed by atoms with Crippen molar-refractivity contribution >= 4 is 34.5 Å². The second kappa shape index (κ2) is 6.29. The van der Waals surface area contributed by atoms with E-state index in [1.54, 1.807) is 18.4 Å². The topological polar surface area (TPSA) is 41.1 Å². The molecule has 3 nitrogen and oxygen atoms in total. The van der Waals surface area contributed by atoms with E-state index >= 15 is 0 Å². The average Bonchev–Trinajstić information content (AvgIpc) is 2.87. The monoisotopic (exact) mass is 308 g/mol. The van der Waals surface area contributed by atoms with Crippen molar-refractivity contribution in [2.45, 2.75) is 19.9 Å². The normalized spacial score (nSPS) is 12.0. The molecule has 0 fully saturated rings. The fourth-order valence-electron chi connectivity index (χ4n) is 1.93. The van der Waals surface area contributed by atoms with E-state index in [1.165, 1.54) is 4.88 Å². The lowest BCUT2D eigenvalue weighted by atomic mass is 10.1. The molecule has 0 aliphatic heterocycles. The van der Waals surface area contributed by atoms with Gasteiger partial charge < -0.3 is 10.6 Å². The molecular weight excluding hydrogens is 292 g/mol. The maximum atomic E-state index is 11.7. The highest BCUT2D eigenvalue weighted by atomic mass is 35.5. The molecule has 1 amide bonds. The third-order valence-corrected chi connectivity index (χ3v) is 4.53. The number of benzene rings is 1. The molecule has 1 unspecified atom stereocenters. The van der Waals surface area contributed by atoms with E-state index < -0.39 is 0 Å². The van der Waals surface area contributed by atoms with Gasteiger partial charge in [0, 0.05) is 23.2 Å². The number of hydrogen-bond acceptors (Lipinski definition) is 3. The summed E-state index contributed by atoms with van der Waals surface area (Å²) in [6.07, 6.45) is 0. The van der Waals surface area contributed by atoms with Crippen LogP contribution in [0.5, 0.6) is 0 Å². The number of thiophene rings is 1. The van der Waals surface area contributed by atoms with Crippen LogP contribution in [-0.2, 0) is 0 Å². The molecule has 2 N–H and O–H groups in total. The Bertz CT molecular complexity index is 624. The Morgan fingerprint density at radius 3 is 2.65 bits per heavy atom. The van der Waals surface area contributed by atoms with E-state index in [2.05, 4.69) is 17.6 Å². The lowest BCUT2D eigenvalue weighted by molar-refractivity contribution is 0.0963. The molecule has 0 aliphatic rings. The minimum atomic E-state index is -0.0835. The van der Waals surface area contributed by atoms with Crippen LogP contribution in [-0.4, -0.2) is 13.0 Å². The van der Waals surface area contributed by atoms with E-state index in [0.29, 0.717) is 5.56 Å². The number of hydrogen-bond donors (Lipinski definition) is 2. The zero-order valence-electron chi connectivity index (χ0n) is 11.7. The highest BCUT2D eigenvalue weighted by Gasteiger charge is 2.11. The Morgan fingerprint density at radius 1 is 1.30 bits per heavy atom. The van der Waals surface area contributed by atoms with Gasteiger partial charge in [-0.05, 0) is 43.7 Å². The van der Waals surface area contributed by atoms with E-state index in [-0.39, 0.29) is 11.9 Å². The second-order valence-electron chi connectivity index (χ2n) is 4.62. The van der Waals surface area contributed by atoms with Gasteiger partial charge in [-0.15, -0.1) is 11.3 Å². The van der Waals surface area contributed by atoms with Crippen LogP contribution in [0.1, 0.15) is 33.8 Å². The minimum Gasteiger partial charge on any atom is -0.377 e. The van der Waals surface area contributed by atoms with Crippen molar-refractivity contribution in [3.8, 4) is 0 Å². The van der Waals surface area contributed by atoms with Crippen molar-refractivity contribution in [2.75, 3.05) is 12.4 Å². The Morgan fingerprint density at radius 2 is 2.05 bits per heavy atom. The Kier molecular flexibility index (Phi) is 4.68. The van der Waals surface area contributed by atoms with Crippen molar-refractivity contribution in [3.05, 3.63) is 50.7 Å². The number of nitrogens with one attached hydrogen (secondary N) is 2. The van der Waals surface area contributed by atoms with E-state index in [1.807, 2.05) is 37.3 Å². The highest BCUT2D eigenvalue weighted by molar-refractivity contribution is 7.16. The van der Waals surface area contributed by atoms with Crippen molar-refractivity contribution in [3.63, 3.8) is 0 Å². The molecule has 0 saturated carbocycles. The van der Waals surface area contributed by atoms with Crippen molar-refractivity contribution in [2.24, 2.45) is 0 Å². The van der Waals surface area contributed by atoms with E-state index in [0.717, 1.165) is 15.6 Å². The van der Waals surface area contributed by atoms with Crippen LogP contribution in [0.25, 0.3) is 0 Å². The molecule has 20 heavy (non-hydrogen) atoms. The van der Waals surface area contributed by atoms with Gasteiger partial charge in [0.15, 0.2) is 0 Å². The molecule has 2 rings (SSSR count). The number of amides is 1. The Balaban J connectivity index is 2.22. The van der Waals surface area contributed by atoms with Crippen LogP contribution < -0.4 is 10.6 Å². The summed E-state index contributed by atoms with van der Waals surface area (Å²) < 4.78 is 0.782. The molecule has 0 aliphatic carbocycles. The average molecular weight is 309 g/mol. The third kappa shape index (κ3) is 3.32. The molecule has 1 aromatic heterocycles. The summed E-state index contributed by atoms with van der Waals surface area (Å²) in [6.45, 7) is 4.10. The zero-order valence-corrected chi connectivity index (χ0v) is 13.2. The number of carbonyl (C=O) groups is 1. The zero-order chi connectivity index (χ0) is 14.7. The smallest absolute Gasteiger partial charge is 0.251 e. The lowest BCUT2D eigenvalue weighted by Crippen LogP contribution is -2.18. The summed E-state index contributed by atoms with van der Waals surface area (Å²) in [5.41, 5.74) is 2.72. The molecule has 5 heteroatoms. The van der Waals surface area contributed by atoms with E-state index in [9.17, 15) is 4.79 Å². The van der Waals surface area contributed by atoms with Crippen LogP contribution in [0.15, 0.2) is 30.3 Å². The number of aryl methyl sites for hydroxylation is 1. The van der Waals surface area contributed by atoms with Gasteiger partial charge in [-0.2, -0.15) is 0 Å². The number of anilines is 1. The van der Waals surface area contributed by atoms with Crippen LogP contribution in [0.3, 0.4) is 0 Å².